The maximum absolute atomic E-state index is 12.1. The van der Waals surface area contributed by atoms with E-state index in [1.54, 1.807) is 18.2 Å². The zero-order chi connectivity index (χ0) is 13.1. The number of amides is 1. The maximum atomic E-state index is 12.1. The first-order valence-corrected chi connectivity index (χ1v) is 6.47. The van der Waals surface area contributed by atoms with E-state index in [4.69, 9.17) is 22.1 Å². The van der Waals surface area contributed by atoms with Crippen LogP contribution in [-0.4, -0.2) is 18.6 Å². The van der Waals surface area contributed by atoms with Gasteiger partial charge in [0.05, 0.1) is 22.7 Å². The number of anilines is 2. The highest BCUT2D eigenvalue weighted by Crippen LogP contribution is 2.27. The van der Waals surface area contributed by atoms with E-state index in [-0.39, 0.29) is 17.9 Å². The van der Waals surface area contributed by atoms with E-state index in [9.17, 15) is 4.79 Å². The first-order chi connectivity index (χ1) is 8.61. The molecular weight excluding hydrogens is 252 g/mol. The van der Waals surface area contributed by atoms with Crippen LogP contribution < -0.4 is 11.1 Å². The van der Waals surface area contributed by atoms with Gasteiger partial charge in [-0.3, -0.25) is 4.79 Å². The number of benzene rings is 1. The largest absolute Gasteiger partial charge is 0.398 e. The van der Waals surface area contributed by atoms with Crippen LogP contribution in [-0.2, 0) is 9.53 Å². The van der Waals surface area contributed by atoms with Crippen LogP contribution in [0.3, 0.4) is 0 Å². The topological polar surface area (TPSA) is 64.3 Å². The third kappa shape index (κ3) is 2.76. The molecule has 0 saturated carbocycles. The average Bonchev–Trinajstić information content (AvgIpc) is 2.82. The van der Waals surface area contributed by atoms with Crippen molar-refractivity contribution in [1.29, 1.82) is 0 Å². The first-order valence-electron chi connectivity index (χ1n) is 6.09. The molecule has 0 aromatic heterocycles. The molecule has 0 radical (unpaired) electrons. The highest BCUT2D eigenvalue weighted by molar-refractivity contribution is 6.33. The lowest BCUT2D eigenvalue weighted by molar-refractivity contribution is -0.121. The van der Waals surface area contributed by atoms with Gasteiger partial charge in [-0.05, 0) is 31.0 Å². The van der Waals surface area contributed by atoms with Crippen molar-refractivity contribution in [3.05, 3.63) is 23.2 Å². The molecule has 0 spiro atoms. The summed E-state index contributed by atoms with van der Waals surface area (Å²) in [5, 5.41) is 3.30. The van der Waals surface area contributed by atoms with E-state index in [1.807, 2.05) is 6.92 Å². The zero-order valence-corrected chi connectivity index (χ0v) is 11.0. The summed E-state index contributed by atoms with van der Waals surface area (Å²) in [7, 11) is 0. The van der Waals surface area contributed by atoms with Crippen LogP contribution in [0, 0.1) is 5.92 Å². The summed E-state index contributed by atoms with van der Waals surface area (Å²) >= 11 is 5.91. The lowest BCUT2D eigenvalue weighted by Crippen LogP contribution is -2.29. The number of hydrogen-bond donors (Lipinski definition) is 2. The fraction of sp³-hybridized carbons (Fsp3) is 0.462. The Hall–Kier alpha value is -1.26. The number of carbonyl (C=O) groups is 1. The summed E-state index contributed by atoms with van der Waals surface area (Å²) in [5.74, 6) is -0.0912. The lowest BCUT2D eigenvalue weighted by atomic mass is 9.98. The van der Waals surface area contributed by atoms with Crippen molar-refractivity contribution in [3.63, 3.8) is 0 Å². The Kier molecular flexibility index (Phi) is 4.09. The van der Waals surface area contributed by atoms with Crippen LogP contribution in [0.4, 0.5) is 11.4 Å². The van der Waals surface area contributed by atoms with Crippen LogP contribution in [0.1, 0.15) is 19.8 Å². The van der Waals surface area contributed by atoms with E-state index < -0.39 is 0 Å². The number of nitrogen functional groups attached to an aromatic ring is 1. The van der Waals surface area contributed by atoms with Gasteiger partial charge in [0.1, 0.15) is 0 Å². The number of ether oxygens (including phenoxy) is 1. The Morgan fingerprint density at radius 2 is 2.39 bits per heavy atom. The number of carbonyl (C=O) groups excluding carboxylic acids is 1. The van der Waals surface area contributed by atoms with Gasteiger partial charge in [-0.2, -0.15) is 0 Å². The summed E-state index contributed by atoms with van der Waals surface area (Å²) in [6, 6.07) is 5.09. The Balaban J connectivity index is 2.04. The smallest absolute Gasteiger partial charge is 0.230 e. The molecule has 1 saturated heterocycles. The standard InChI is InChI=1S/C13H17ClN2O2/c1-2-12-9(5-6-18-12)13(17)16-8-3-4-11(15)10(14)7-8/h3-4,7,9,12H,2,5-6,15H2,1H3,(H,16,17). The van der Waals surface area contributed by atoms with E-state index in [2.05, 4.69) is 5.32 Å². The van der Waals surface area contributed by atoms with E-state index >= 15 is 0 Å². The molecule has 1 aromatic carbocycles. The number of nitrogens with one attached hydrogen (secondary N) is 1. The zero-order valence-electron chi connectivity index (χ0n) is 10.3. The Bertz CT molecular complexity index is 451. The SMILES string of the molecule is CCC1OCCC1C(=O)Nc1ccc(N)c(Cl)c1. The molecule has 1 heterocycles. The average molecular weight is 269 g/mol. The molecule has 3 N–H and O–H groups in total. The summed E-state index contributed by atoms with van der Waals surface area (Å²) in [4.78, 5) is 12.1. The predicted octanol–water partition coefficient (Wildman–Crippen LogP) is 2.68. The van der Waals surface area contributed by atoms with Crippen LogP contribution in [0.5, 0.6) is 0 Å². The monoisotopic (exact) mass is 268 g/mol. The van der Waals surface area contributed by atoms with Crippen molar-refractivity contribution in [2.24, 2.45) is 5.92 Å². The summed E-state index contributed by atoms with van der Waals surface area (Å²) in [6.07, 6.45) is 1.64. The molecule has 1 fully saturated rings. The Morgan fingerprint density at radius 3 is 3.06 bits per heavy atom. The number of rotatable bonds is 3. The minimum absolute atomic E-state index is 0.0137. The van der Waals surface area contributed by atoms with Gasteiger partial charge in [0, 0.05) is 12.3 Å². The molecule has 18 heavy (non-hydrogen) atoms. The molecular formula is C13H17ClN2O2. The number of hydrogen-bond acceptors (Lipinski definition) is 3. The molecule has 1 aliphatic rings. The Morgan fingerprint density at radius 1 is 1.61 bits per heavy atom. The number of halogens is 1. The second-order valence-corrected chi connectivity index (χ2v) is 4.85. The second-order valence-electron chi connectivity index (χ2n) is 4.44. The second kappa shape index (κ2) is 5.59. The van der Waals surface area contributed by atoms with Gasteiger partial charge in [-0.1, -0.05) is 18.5 Å². The predicted molar refractivity (Wildman–Crippen MR) is 72.6 cm³/mol. The fourth-order valence-electron chi connectivity index (χ4n) is 2.19. The minimum atomic E-state index is -0.0775. The van der Waals surface area contributed by atoms with Gasteiger partial charge in [0.2, 0.25) is 5.91 Å². The van der Waals surface area contributed by atoms with Crippen molar-refractivity contribution >= 4 is 28.9 Å². The molecule has 2 rings (SSSR count). The van der Waals surface area contributed by atoms with E-state index in [0.717, 1.165) is 12.8 Å². The fourth-order valence-corrected chi connectivity index (χ4v) is 2.37. The summed E-state index contributed by atoms with van der Waals surface area (Å²) in [6.45, 7) is 2.68. The first kappa shape index (κ1) is 13.2. The van der Waals surface area contributed by atoms with Gasteiger partial charge in [0.25, 0.3) is 0 Å². The van der Waals surface area contributed by atoms with E-state index in [1.165, 1.54) is 0 Å². The van der Waals surface area contributed by atoms with Crippen LogP contribution >= 0.6 is 11.6 Å². The van der Waals surface area contributed by atoms with Crippen molar-refractivity contribution in [2.75, 3.05) is 17.7 Å². The third-order valence-corrected chi connectivity index (χ3v) is 3.54. The highest BCUT2D eigenvalue weighted by Gasteiger charge is 2.32. The van der Waals surface area contributed by atoms with Gasteiger partial charge in [-0.15, -0.1) is 0 Å². The molecule has 1 amide bonds. The molecule has 98 valence electrons. The van der Waals surface area contributed by atoms with Crippen LogP contribution in [0.2, 0.25) is 5.02 Å². The molecule has 0 bridgehead atoms. The molecule has 2 unspecified atom stereocenters. The van der Waals surface area contributed by atoms with E-state index in [0.29, 0.717) is 23.0 Å². The van der Waals surface area contributed by atoms with Crippen LogP contribution in [0.25, 0.3) is 0 Å². The molecule has 1 aromatic rings. The number of nitrogens with two attached hydrogens (primary N) is 1. The lowest BCUT2D eigenvalue weighted by Gasteiger charge is -2.16. The maximum Gasteiger partial charge on any atom is 0.230 e. The summed E-state index contributed by atoms with van der Waals surface area (Å²) in [5.41, 5.74) is 6.79. The van der Waals surface area contributed by atoms with Crippen LogP contribution in [0.15, 0.2) is 18.2 Å². The third-order valence-electron chi connectivity index (χ3n) is 3.22. The molecule has 2 atom stereocenters. The van der Waals surface area contributed by atoms with Gasteiger partial charge in [-0.25, -0.2) is 0 Å². The molecule has 0 aliphatic carbocycles. The minimum Gasteiger partial charge on any atom is -0.398 e. The normalized spacial score (nSPS) is 23.0. The van der Waals surface area contributed by atoms with Crippen molar-refractivity contribution in [3.8, 4) is 0 Å². The van der Waals surface area contributed by atoms with Gasteiger partial charge < -0.3 is 15.8 Å². The van der Waals surface area contributed by atoms with Gasteiger partial charge in [0.15, 0.2) is 0 Å². The molecule has 1 aliphatic heterocycles. The highest BCUT2D eigenvalue weighted by atomic mass is 35.5. The van der Waals surface area contributed by atoms with Crippen molar-refractivity contribution < 1.29 is 9.53 Å². The molecule has 5 heteroatoms. The Labute approximate surface area is 111 Å². The van der Waals surface area contributed by atoms with Crippen molar-refractivity contribution in [1.82, 2.24) is 0 Å². The summed E-state index contributed by atoms with van der Waals surface area (Å²) < 4.78 is 5.51. The molecule has 4 nitrogen and oxygen atoms in total. The van der Waals surface area contributed by atoms with Crippen molar-refractivity contribution in [2.45, 2.75) is 25.9 Å². The van der Waals surface area contributed by atoms with Gasteiger partial charge >= 0.3 is 0 Å². The quantitative estimate of drug-likeness (QED) is 0.829.